The molecule has 2 atom stereocenters. The van der Waals surface area contributed by atoms with E-state index in [9.17, 15) is 13.9 Å². The van der Waals surface area contributed by atoms with E-state index in [1.165, 1.54) is 19.2 Å². The first kappa shape index (κ1) is 27.9. The van der Waals surface area contributed by atoms with Crippen molar-refractivity contribution in [3.05, 3.63) is 53.1 Å². The molecule has 38 heavy (non-hydrogen) atoms. The zero-order chi connectivity index (χ0) is 27.8. The summed E-state index contributed by atoms with van der Waals surface area (Å²) in [7, 11) is 1.53. The van der Waals surface area contributed by atoms with Gasteiger partial charge in [-0.25, -0.2) is 14.4 Å². The van der Waals surface area contributed by atoms with E-state index in [0.717, 1.165) is 32.8 Å². The molecule has 2 N–H and O–H groups in total. The summed E-state index contributed by atoms with van der Waals surface area (Å²) >= 11 is 0. The molecule has 4 rings (SSSR count). The molecule has 1 saturated carbocycles. The number of nitrogens with one attached hydrogen (secondary N) is 1. The van der Waals surface area contributed by atoms with Crippen molar-refractivity contribution in [2.75, 3.05) is 19.0 Å². The van der Waals surface area contributed by atoms with Gasteiger partial charge in [0.2, 0.25) is 0 Å². The Labute approximate surface area is 220 Å². The summed E-state index contributed by atoms with van der Waals surface area (Å²) in [5, 5.41) is 13.7. The molecule has 10 heteroatoms. The van der Waals surface area contributed by atoms with Crippen LogP contribution >= 0.6 is 0 Å². The Kier molecular flexibility index (Phi) is 7.76. The number of ether oxygens (including phenoxy) is 3. The predicted octanol–water partition coefficient (Wildman–Crippen LogP) is 6.07. The number of methoxy groups -OCH3 is 1. The van der Waals surface area contributed by atoms with Crippen LogP contribution in [0.15, 0.2) is 30.3 Å². The second kappa shape index (κ2) is 10.6. The molecule has 7 nitrogen and oxygen atoms in total. The van der Waals surface area contributed by atoms with E-state index >= 15 is 4.39 Å². The monoisotopic (exact) mass is 533 g/mol. The molecule has 3 aromatic rings. The molecule has 0 amide bonds. The first-order chi connectivity index (χ1) is 17.8. The molecule has 0 bridgehead atoms. The third-order valence-corrected chi connectivity index (χ3v) is 6.47. The maximum absolute atomic E-state index is 15.4. The molecular formula is C28H34F3N3O4. The molecule has 0 radical (unpaired) electrons. The number of aliphatic hydroxyl groups is 1. The summed E-state index contributed by atoms with van der Waals surface area (Å²) in [5.74, 6) is -3.10. The zero-order valence-corrected chi connectivity index (χ0v) is 22.4. The molecule has 0 spiro atoms. The molecule has 1 aliphatic rings. The lowest BCUT2D eigenvalue weighted by Crippen LogP contribution is -2.41. The highest BCUT2D eigenvalue weighted by atomic mass is 19.3. The number of benzene rings is 2. The van der Waals surface area contributed by atoms with Crippen LogP contribution in [0.5, 0.6) is 11.5 Å². The number of halogens is 3. The third-order valence-electron chi connectivity index (χ3n) is 6.47. The Morgan fingerprint density at radius 2 is 1.84 bits per heavy atom. The lowest BCUT2D eigenvalue weighted by atomic mass is 9.91. The van der Waals surface area contributed by atoms with Gasteiger partial charge in [-0.3, -0.25) is 0 Å². The van der Waals surface area contributed by atoms with E-state index in [4.69, 9.17) is 14.2 Å². The molecule has 1 heterocycles. The lowest BCUT2D eigenvalue weighted by molar-refractivity contribution is -0.170. The number of hydrogen-bond acceptors (Lipinski definition) is 7. The summed E-state index contributed by atoms with van der Waals surface area (Å²) < 4.78 is 62.3. The first-order valence-corrected chi connectivity index (χ1v) is 12.6. The number of anilines is 1. The van der Waals surface area contributed by atoms with Gasteiger partial charge in [0.25, 0.3) is 0 Å². The first-order valence-electron chi connectivity index (χ1n) is 12.6. The van der Waals surface area contributed by atoms with Crippen LogP contribution in [0.2, 0.25) is 0 Å². The summed E-state index contributed by atoms with van der Waals surface area (Å²) in [6, 6.07) is 6.47. The second-order valence-electron chi connectivity index (χ2n) is 10.3. The van der Waals surface area contributed by atoms with Crippen LogP contribution in [0.25, 0.3) is 10.9 Å². The van der Waals surface area contributed by atoms with Gasteiger partial charge in [-0.05, 0) is 59.6 Å². The van der Waals surface area contributed by atoms with E-state index in [0.29, 0.717) is 46.8 Å². The van der Waals surface area contributed by atoms with Gasteiger partial charge in [0.15, 0.2) is 11.5 Å². The van der Waals surface area contributed by atoms with E-state index in [2.05, 4.69) is 15.3 Å². The summed E-state index contributed by atoms with van der Waals surface area (Å²) in [4.78, 5) is 8.98. The van der Waals surface area contributed by atoms with E-state index in [1.807, 2.05) is 6.92 Å². The van der Waals surface area contributed by atoms with Gasteiger partial charge in [0.05, 0.1) is 36.4 Å². The molecule has 0 unspecified atom stereocenters. The normalized spacial score (nSPS) is 15.8. The van der Waals surface area contributed by atoms with Gasteiger partial charge in [-0.15, -0.1) is 0 Å². The number of alkyl halides is 2. The predicted molar refractivity (Wildman–Crippen MR) is 139 cm³/mol. The van der Waals surface area contributed by atoms with Crippen molar-refractivity contribution in [1.29, 1.82) is 0 Å². The van der Waals surface area contributed by atoms with Gasteiger partial charge in [0, 0.05) is 17.0 Å². The minimum absolute atomic E-state index is 0.00637. The average molecular weight is 534 g/mol. The lowest BCUT2D eigenvalue weighted by Gasteiger charge is -2.30. The standard InChI is InChI=1S/C28H34F3N3O4/c1-15(38-18-10-11-18)14-37-24-12-20-22(13-23(24)36-6)33-17(3)34-26(20)32-16(2)19-8-7-9-21(25(19)29)28(30,31)27(4,5)35/h7-9,12-13,15-16,18,35H,10-11,14H2,1-6H3,(H,32,33,34)/t15-,16+/m0/s1. The number of hydrogen-bond donors (Lipinski definition) is 2. The number of rotatable bonds is 11. The van der Waals surface area contributed by atoms with Crippen molar-refractivity contribution >= 4 is 16.7 Å². The topological polar surface area (TPSA) is 85.7 Å². The van der Waals surface area contributed by atoms with Crippen LogP contribution in [0.1, 0.15) is 63.5 Å². The Morgan fingerprint density at radius 3 is 2.47 bits per heavy atom. The average Bonchev–Trinajstić information content (AvgIpc) is 3.65. The third kappa shape index (κ3) is 5.81. The zero-order valence-electron chi connectivity index (χ0n) is 22.4. The molecule has 206 valence electrons. The highest BCUT2D eigenvalue weighted by Crippen LogP contribution is 2.42. The van der Waals surface area contributed by atoms with Gasteiger partial charge in [0.1, 0.15) is 29.7 Å². The van der Waals surface area contributed by atoms with E-state index < -0.39 is 28.9 Å². The van der Waals surface area contributed by atoms with Gasteiger partial charge < -0.3 is 24.6 Å². The van der Waals surface area contributed by atoms with Crippen LogP contribution in [0, 0.1) is 12.7 Å². The van der Waals surface area contributed by atoms with Crippen LogP contribution < -0.4 is 14.8 Å². The fourth-order valence-corrected chi connectivity index (χ4v) is 4.15. The molecule has 1 aliphatic carbocycles. The molecule has 0 aliphatic heterocycles. The highest BCUT2D eigenvalue weighted by molar-refractivity contribution is 5.92. The van der Waals surface area contributed by atoms with E-state index in [-0.39, 0.29) is 11.7 Å². The molecule has 1 aromatic heterocycles. The van der Waals surface area contributed by atoms with Crippen LogP contribution in [0.4, 0.5) is 19.0 Å². The van der Waals surface area contributed by atoms with Gasteiger partial charge in [-0.1, -0.05) is 12.1 Å². The molecular weight excluding hydrogens is 499 g/mol. The maximum Gasteiger partial charge on any atom is 0.303 e. The highest BCUT2D eigenvalue weighted by Gasteiger charge is 2.49. The Hall–Kier alpha value is -3.11. The Balaban J connectivity index is 1.66. The largest absolute Gasteiger partial charge is 0.493 e. The Bertz CT molecular complexity index is 1310. The molecule has 1 fully saturated rings. The van der Waals surface area contributed by atoms with E-state index in [1.54, 1.807) is 26.0 Å². The van der Waals surface area contributed by atoms with Crippen LogP contribution in [-0.4, -0.2) is 46.6 Å². The minimum atomic E-state index is -3.80. The van der Waals surface area contributed by atoms with Crippen molar-refractivity contribution in [2.45, 2.75) is 77.2 Å². The fraction of sp³-hybridized carbons (Fsp3) is 0.500. The SMILES string of the molecule is COc1cc2nc(C)nc(N[C@H](C)c3cccc(C(F)(F)C(C)(C)O)c3F)c2cc1OC[C@H](C)OC1CC1. The summed E-state index contributed by atoms with van der Waals surface area (Å²) in [6.45, 7) is 7.52. The van der Waals surface area contributed by atoms with Crippen molar-refractivity contribution < 1.29 is 32.5 Å². The summed E-state index contributed by atoms with van der Waals surface area (Å²) in [5.41, 5.74) is -2.74. The maximum atomic E-state index is 15.4. The number of aromatic nitrogens is 2. The second-order valence-corrected chi connectivity index (χ2v) is 10.3. The smallest absolute Gasteiger partial charge is 0.303 e. The van der Waals surface area contributed by atoms with Crippen molar-refractivity contribution in [3.8, 4) is 11.5 Å². The number of fused-ring (bicyclic) bond motifs is 1. The van der Waals surface area contributed by atoms with Gasteiger partial charge in [-0.2, -0.15) is 8.78 Å². The van der Waals surface area contributed by atoms with Gasteiger partial charge >= 0.3 is 5.92 Å². The summed E-state index contributed by atoms with van der Waals surface area (Å²) in [6.07, 6.45) is 2.31. The molecule has 0 saturated heterocycles. The Morgan fingerprint density at radius 1 is 1.13 bits per heavy atom. The quantitative estimate of drug-likeness (QED) is 0.310. The minimum Gasteiger partial charge on any atom is -0.493 e. The molecule has 2 aromatic carbocycles. The number of aryl methyl sites for hydroxylation is 1. The fourth-order valence-electron chi connectivity index (χ4n) is 4.15. The van der Waals surface area contributed by atoms with Crippen molar-refractivity contribution in [1.82, 2.24) is 9.97 Å². The van der Waals surface area contributed by atoms with Crippen LogP contribution in [-0.2, 0) is 10.7 Å². The van der Waals surface area contributed by atoms with Crippen molar-refractivity contribution in [2.24, 2.45) is 0 Å². The number of nitrogens with zero attached hydrogens (tertiary/aromatic N) is 2. The van der Waals surface area contributed by atoms with Crippen molar-refractivity contribution in [3.63, 3.8) is 0 Å². The van der Waals surface area contributed by atoms with Crippen LogP contribution in [0.3, 0.4) is 0 Å².